The maximum absolute atomic E-state index is 12.7. The van der Waals surface area contributed by atoms with E-state index in [2.05, 4.69) is 21.9 Å². The summed E-state index contributed by atoms with van der Waals surface area (Å²) in [6.45, 7) is 4.95. The fourth-order valence-corrected chi connectivity index (χ4v) is 3.34. The molecule has 1 aliphatic rings. The molecule has 4 rings (SSSR count). The zero-order chi connectivity index (χ0) is 17.4. The van der Waals surface area contributed by atoms with E-state index in [0.717, 1.165) is 23.8 Å². The maximum atomic E-state index is 12.7. The highest BCUT2D eigenvalue weighted by Crippen LogP contribution is 2.25. The predicted octanol–water partition coefficient (Wildman–Crippen LogP) is 2.65. The summed E-state index contributed by atoms with van der Waals surface area (Å²) in [6, 6.07) is 9.44. The first-order chi connectivity index (χ1) is 12.1. The molecule has 0 radical (unpaired) electrons. The number of nitrogens with zero attached hydrogens (tertiary/aromatic N) is 5. The zero-order valence-electron chi connectivity index (χ0n) is 13.9. The van der Waals surface area contributed by atoms with Crippen LogP contribution in [0.15, 0.2) is 42.7 Å². The molecule has 0 spiro atoms. The summed E-state index contributed by atoms with van der Waals surface area (Å²) in [7, 11) is 0. The first-order valence-corrected chi connectivity index (χ1v) is 8.60. The number of hydrogen-bond donors (Lipinski definition) is 0. The van der Waals surface area contributed by atoms with E-state index in [1.807, 2.05) is 23.1 Å². The molecule has 3 aromatic rings. The minimum absolute atomic E-state index is 0.0482. The fourth-order valence-electron chi connectivity index (χ4n) is 3.17. The lowest BCUT2D eigenvalue weighted by atomic mass is 10.1. The lowest BCUT2D eigenvalue weighted by Gasteiger charge is -2.36. The monoisotopic (exact) mass is 355 g/mol. The number of halogens is 1. The molecule has 0 unspecified atom stereocenters. The molecule has 7 heteroatoms. The minimum atomic E-state index is -0.0482. The molecular weight excluding hydrogens is 338 g/mol. The number of aromatic nitrogens is 3. The SMILES string of the molecule is Cc1ccc(Cl)cc1N1CCN(C(=O)c2cc3ncccn3n2)CC1. The Hall–Kier alpha value is -2.60. The van der Waals surface area contributed by atoms with Gasteiger partial charge in [-0.3, -0.25) is 4.79 Å². The van der Waals surface area contributed by atoms with Gasteiger partial charge in [0.25, 0.3) is 5.91 Å². The standard InChI is InChI=1S/C18H18ClN5O/c1-13-3-4-14(19)11-16(13)22-7-9-23(10-8-22)18(25)15-12-17-20-5-2-6-24(17)21-15/h2-6,11-12H,7-10H2,1H3. The number of aryl methyl sites for hydroxylation is 1. The van der Waals surface area contributed by atoms with E-state index in [1.54, 1.807) is 29.0 Å². The van der Waals surface area contributed by atoms with E-state index < -0.39 is 0 Å². The van der Waals surface area contributed by atoms with Crippen LogP contribution in [0.3, 0.4) is 0 Å². The fraction of sp³-hybridized carbons (Fsp3) is 0.278. The van der Waals surface area contributed by atoms with Crippen LogP contribution in [-0.4, -0.2) is 51.6 Å². The number of benzene rings is 1. The van der Waals surface area contributed by atoms with Gasteiger partial charge in [0.2, 0.25) is 0 Å². The number of rotatable bonds is 2. The van der Waals surface area contributed by atoms with E-state index >= 15 is 0 Å². The van der Waals surface area contributed by atoms with Crippen LogP contribution >= 0.6 is 11.6 Å². The van der Waals surface area contributed by atoms with E-state index in [0.29, 0.717) is 24.4 Å². The van der Waals surface area contributed by atoms with Crippen molar-refractivity contribution in [3.8, 4) is 0 Å². The van der Waals surface area contributed by atoms with Gasteiger partial charge in [-0.2, -0.15) is 5.10 Å². The summed E-state index contributed by atoms with van der Waals surface area (Å²) >= 11 is 6.13. The van der Waals surface area contributed by atoms with E-state index in [1.165, 1.54) is 5.56 Å². The van der Waals surface area contributed by atoms with Gasteiger partial charge in [-0.1, -0.05) is 17.7 Å². The molecule has 0 atom stereocenters. The molecule has 0 N–H and O–H groups in total. The van der Waals surface area contributed by atoms with Crippen molar-refractivity contribution in [3.05, 3.63) is 59.0 Å². The van der Waals surface area contributed by atoms with E-state index in [-0.39, 0.29) is 5.91 Å². The molecule has 1 saturated heterocycles. The van der Waals surface area contributed by atoms with Gasteiger partial charge in [-0.05, 0) is 30.7 Å². The molecular formula is C18H18ClN5O. The van der Waals surface area contributed by atoms with Crippen LogP contribution in [0, 0.1) is 6.92 Å². The number of carbonyl (C=O) groups excluding carboxylic acids is 1. The summed E-state index contributed by atoms with van der Waals surface area (Å²) in [5.41, 5.74) is 3.44. The third-order valence-corrected chi connectivity index (χ3v) is 4.77. The van der Waals surface area contributed by atoms with Crippen LogP contribution in [0.1, 0.15) is 16.1 Å². The number of piperazine rings is 1. The Morgan fingerprint density at radius 2 is 1.96 bits per heavy atom. The normalized spacial score (nSPS) is 15.0. The third kappa shape index (κ3) is 3.05. The Morgan fingerprint density at radius 1 is 1.16 bits per heavy atom. The molecule has 1 aromatic carbocycles. The predicted molar refractivity (Wildman–Crippen MR) is 97.3 cm³/mol. The number of anilines is 1. The number of hydrogen-bond acceptors (Lipinski definition) is 4. The first-order valence-electron chi connectivity index (χ1n) is 8.22. The summed E-state index contributed by atoms with van der Waals surface area (Å²) in [5.74, 6) is -0.0482. The third-order valence-electron chi connectivity index (χ3n) is 4.53. The van der Waals surface area contributed by atoms with E-state index in [4.69, 9.17) is 11.6 Å². The van der Waals surface area contributed by atoms with Crippen LogP contribution in [0.25, 0.3) is 5.65 Å². The second kappa shape index (κ2) is 6.37. The molecule has 1 aliphatic heterocycles. The van der Waals surface area contributed by atoms with Gasteiger partial charge < -0.3 is 9.80 Å². The molecule has 6 nitrogen and oxygen atoms in total. The smallest absolute Gasteiger partial charge is 0.274 e. The largest absolute Gasteiger partial charge is 0.368 e. The second-order valence-corrected chi connectivity index (χ2v) is 6.60. The second-order valence-electron chi connectivity index (χ2n) is 6.16. The van der Waals surface area contributed by atoms with Gasteiger partial charge in [0.1, 0.15) is 0 Å². The molecule has 0 saturated carbocycles. The van der Waals surface area contributed by atoms with Gasteiger partial charge in [-0.15, -0.1) is 0 Å². The van der Waals surface area contributed by atoms with Crippen molar-refractivity contribution < 1.29 is 4.79 Å². The Morgan fingerprint density at radius 3 is 2.72 bits per heavy atom. The highest BCUT2D eigenvalue weighted by atomic mass is 35.5. The Bertz CT molecular complexity index is 897. The van der Waals surface area contributed by atoms with Crippen molar-refractivity contribution in [2.75, 3.05) is 31.1 Å². The molecule has 1 amide bonds. The summed E-state index contributed by atoms with van der Waals surface area (Å²) in [6.07, 6.45) is 3.48. The lowest BCUT2D eigenvalue weighted by molar-refractivity contribution is 0.0740. The van der Waals surface area contributed by atoms with Gasteiger partial charge in [0.15, 0.2) is 11.3 Å². The summed E-state index contributed by atoms with van der Waals surface area (Å²) in [4.78, 5) is 21.0. The quantitative estimate of drug-likeness (QED) is 0.709. The van der Waals surface area contributed by atoms with Crippen LogP contribution in [0.2, 0.25) is 5.02 Å². The number of amides is 1. The highest BCUT2D eigenvalue weighted by Gasteiger charge is 2.25. The minimum Gasteiger partial charge on any atom is -0.368 e. The molecule has 0 bridgehead atoms. The number of carbonyl (C=O) groups is 1. The van der Waals surface area contributed by atoms with Gasteiger partial charge in [0.05, 0.1) is 0 Å². The maximum Gasteiger partial charge on any atom is 0.274 e. The van der Waals surface area contributed by atoms with Crippen molar-refractivity contribution in [2.45, 2.75) is 6.92 Å². The molecule has 128 valence electrons. The van der Waals surface area contributed by atoms with Crippen molar-refractivity contribution in [1.29, 1.82) is 0 Å². The highest BCUT2D eigenvalue weighted by molar-refractivity contribution is 6.30. The average Bonchev–Trinajstić information content (AvgIpc) is 3.07. The molecule has 1 fully saturated rings. The lowest BCUT2D eigenvalue weighted by Crippen LogP contribution is -2.49. The van der Waals surface area contributed by atoms with Crippen molar-refractivity contribution in [1.82, 2.24) is 19.5 Å². The van der Waals surface area contributed by atoms with Crippen LogP contribution in [-0.2, 0) is 0 Å². The molecule has 0 aliphatic carbocycles. The summed E-state index contributed by atoms with van der Waals surface area (Å²) in [5, 5.41) is 5.06. The van der Waals surface area contributed by atoms with Gasteiger partial charge >= 0.3 is 0 Å². The first kappa shape index (κ1) is 15.9. The Balaban J connectivity index is 1.47. The van der Waals surface area contributed by atoms with Crippen LogP contribution in [0.4, 0.5) is 5.69 Å². The molecule has 25 heavy (non-hydrogen) atoms. The van der Waals surface area contributed by atoms with Crippen molar-refractivity contribution in [3.63, 3.8) is 0 Å². The van der Waals surface area contributed by atoms with Gasteiger partial charge in [-0.25, -0.2) is 9.50 Å². The van der Waals surface area contributed by atoms with Crippen molar-refractivity contribution in [2.24, 2.45) is 0 Å². The number of fused-ring (bicyclic) bond motifs is 1. The van der Waals surface area contributed by atoms with Crippen LogP contribution < -0.4 is 4.90 Å². The van der Waals surface area contributed by atoms with Crippen molar-refractivity contribution >= 4 is 28.8 Å². The molecule has 2 aromatic heterocycles. The molecule has 3 heterocycles. The van der Waals surface area contributed by atoms with E-state index in [9.17, 15) is 4.79 Å². The average molecular weight is 356 g/mol. The zero-order valence-corrected chi connectivity index (χ0v) is 14.6. The Labute approximate surface area is 150 Å². The van der Waals surface area contributed by atoms with Gasteiger partial charge in [0, 0.05) is 55.3 Å². The summed E-state index contributed by atoms with van der Waals surface area (Å²) < 4.78 is 1.62. The Kier molecular flexibility index (Phi) is 4.05. The topological polar surface area (TPSA) is 53.7 Å². The van der Waals surface area contributed by atoms with Crippen LogP contribution in [0.5, 0.6) is 0 Å².